The van der Waals surface area contributed by atoms with Gasteiger partial charge in [0.2, 0.25) is 5.91 Å². The Bertz CT molecular complexity index is 585. The van der Waals surface area contributed by atoms with Gasteiger partial charge in [-0.15, -0.1) is 0 Å². The number of hydrogen-bond donors (Lipinski definition) is 2. The van der Waals surface area contributed by atoms with Crippen LogP contribution in [-0.2, 0) is 4.79 Å². The van der Waals surface area contributed by atoms with Crippen molar-refractivity contribution in [1.82, 2.24) is 5.32 Å². The molecule has 0 aliphatic rings. The number of carbonyl (C=O) groups is 1. The molecule has 0 saturated carbocycles. The van der Waals surface area contributed by atoms with Gasteiger partial charge in [-0.3, -0.25) is 14.9 Å². The minimum Gasteiger partial charge on any atom is -0.379 e. The standard InChI is InChI=1S/C14H18N4O3/c1-14(2,3)17-13(19)6-7-16-11-8-10(9-15)4-5-12(11)18(20)21/h4-5,8,16H,6-7H2,1-3H3,(H,17,19). The molecule has 1 rings (SSSR count). The molecule has 0 fully saturated rings. The number of hydrogen-bond acceptors (Lipinski definition) is 5. The van der Waals surface area contributed by atoms with Gasteiger partial charge in [-0.25, -0.2) is 0 Å². The molecule has 1 amide bonds. The first-order valence-electron chi connectivity index (χ1n) is 6.46. The van der Waals surface area contributed by atoms with Gasteiger partial charge in [0.1, 0.15) is 5.69 Å². The molecule has 0 spiro atoms. The summed E-state index contributed by atoms with van der Waals surface area (Å²) in [6, 6.07) is 5.98. The van der Waals surface area contributed by atoms with Crippen LogP contribution in [0.15, 0.2) is 18.2 Å². The van der Waals surface area contributed by atoms with Gasteiger partial charge >= 0.3 is 0 Å². The van der Waals surface area contributed by atoms with Crippen molar-refractivity contribution < 1.29 is 9.72 Å². The van der Waals surface area contributed by atoms with E-state index in [1.807, 2.05) is 26.8 Å². The lowest BCUT2D eigenvalue weighted by molar-refractivity contribution is -0.384. The highest BCUT2D eigenvalue weighted by Gasteiger charge is 2.16. The van der Waals surface area contributed by atoms with Crippen molar-refractivity contribution in [3.63, 3.8) is 0 Å². The van der Waals surface area contributed by atoms with Crippen LogP contribution in [0, 0.1) is 21.4 Å². The number of nitriles is 1. The molecular formula is C14H18N4O3. The highest BCUT2D eigenvalue weighted by atomic mass is 16.6. The fraction of sp³-hybridized carbons (Fsp3) is 0.429. The van der Waals surface area contributed by atoms with Crippen LogP contribution in [0.4, 0.5) is 11.4 Å². The van der Waals surface area contributed by atoms with Crippen molar-refractivity contribution in [1.29, 1.82) is 5.26 Å². The zero-order valence-electron chi connectivity index (χ0n) is 12.3. The van der Waals surface area contributed by atoms with Crippen LogP contribution >= 0.6 is 0 Å². The van der Waals surface area contributed by atoms with E-state index in [4.69, 9.17) is 5.26 Å². The van der Waals surface area contributed by atoms with E-state index >= 15 is 0 Å². The summed E-state index contributed by atoms with van der Waals surface area (Å²) < 4.78 is 0. The van der Waals surface area contributed by atoms with E-state index in [1.54, 1.807) is 0 Å². The van der Waals surface area contributed by atoms with Crippen LogP contribution in [-0.4, -0.2) is 22.9 Å². The third kappa shape index (κ3) is 5.48. The lowest BCUT2D eigenvalue weighted by Crippen LogP contribution is -2.41. The fourth-order valence-corrected chi connectivity index (χ4v) is 1.70. The maximum absolute atomic E-state index is 11.7. The molecule has 0 atom stereocenters. The number of nitrogens with zero attached hydrogens (tertiary/aromatic N) is 2. The summed E-state index contributed by atoms with van der Waals surface area (Å²) in [5.74, 6) is -0.144. The van der Waals surface area contributed by atoms with Gasteiger partial charge in [0.15, 0.2) is 0 Å². The van der Waals surface area contributed by atoms with Crippen molar-refractivity contribution in [3.8, 4) is 6.07 Å². The third-order valence-corrected chi connectivity index (χ3v) is 2.50. The molecule has 0 radical (unpaired) electrons. The largest absolute Gasteiger partial charge is 0.379 e. The molecule has 21 heavy (non-hydrogen) atoms. The first-order valence-corrected chi connectivity index (χ1v) is 6.46. The summed E-state index contributed by atoms with van der Waals surface area (Å²) in [6.45, 7) is 5.87. The molecule has 0 aliphatic heterocycles. The molecule has 0 unspecified atom stereocenters. The monoisotopic (exact) mass is 290 g/mol. The Labute approximate surface area is 123 Å². The number of benzene rings is 1. The van der Waals surface area contributed by atoms with Crippen LogP contribution in [0.1, 0.15) is 32.8 Å². The zero-order valence-corrected chi connectivity index (χ0v) is 12.3. The zero-order chi connectivity index (χ0) is 16.0. The second kappa shape index (κ2) is 6.70. The fourth-order valence-electron chi connectivity index (χ4n) is 1.70. The Kier molecular flexibility index (Phi) is 5.24. The summed E-state index contributed by atoms with van der Waals surface area (Å²) in [4.78, 5) is 22.0. The number of amides is 1. The molecule has 0 bridgehead atoms. The molecule has 7 nitrogen and oxygen atoms in total. The molecule has 1 aromatic rings. The molecule has 0 aromatic heterocycles. The quantitative estimate of drug-likeness (QED) is 0.638. The summed E-state index contributed by atoms with van der Waals surface area (Å²) >= 11 is 0. The van der Waals surface area contributed by atoms with Gasteiger partial charge in [0, 0.05) is 24.6 Å². The number of nitro groups is 1. The first-order chi connectivity index (χ1) is 9.73. The van der Waals surface area contributed by atoms with Crippen molar-refractivity contribution >= 4 is 17.3 Å². The number of carbonyl (C=O) groups excluding carboxylic acids is 1. The molecule has 2 N–H and O–H groups in total. The van der Waals surface area contributed by atoms with Crippen LogP contribution in [0.2, 0.25) is 0 Å². The predicted octanol–water partition coefficient (Wildman–Crippen LogP) is 2.18. The Morgan fingerprint density at radius 1 is 1.43 bits per heavy atom. The van der Waals surface area contributed by atoms with E-state index in [0.29, 0.717) is 5.56 Å². The maximum atomic E-state index is 11.7. The van der Waals surface area contributed by atoms with Gasteiger partial charge < -0.3 is 10.6 Å². The van der Waals surface area contributed by atoms with Gasteiger partial charge in [0.05, 0.1) is 16.6 Å². The van der Waals surface area contributed by atoms with Crippen molar-refractivity contribution in [2.24, 2.45) is 0 Å². The van der Waals surface area contributed by atoms with Crippen LogP contribution in [0.25, 0.3) is 0 Å². The van der Waals surface area contributed by atoms with Gasteiger partial charge in [0.25, 0.3) is 5.69 Å². The molecular weight excluding hydrogens is 272 g/mol. The third-order valence-electron chi connectivity index (χ3n) is 2.50. The van der Waals surface area contributed by atoms with E-state index in [-0.39, 0.29) is 35.8 Å². The normalized spacial score (nSPS) is 10.6. The molecule has 112 valence electrons. The summed E-state index contributed by atoms with van der Waals surface area (Å²) in [7, 11) is 0. The number of nitrogens with one attached hydrogen (secondary N) is 2. The minimum atomic E-state index is -0.529. The predicted molar refractivity (Wildman–Crippen MR) is 78.8 cm³/mol. The summed E-state index contributed by atoms with van der Waals surface area (Å²) in [6.07, 6.45) is 0.186. The van der Waals surface area contributed by atoms with E-state index < -0.39 is 4.92 Å². The maximum Gasteiger partial charge on any atom is 0.292 e. The van der Waals surface area contributed by atoms with Crippen molar-refractivity contribution in [2.45, 2.75) is 32.7 Å². The lowest BCUT2D eigenvalue weighted by atomic mass is 10.1. The van der Waals surface area contributed by atoms with E-state index in [0.717, 1.165) is 0 Å². The molecule has 7 heteroatoms. The Morgan fingerprint density at radius 2 is 2.10 bits per heavy atom. The highest BCUT2D eigenvalue weighted by molar-refractivity contribution is 5.77. The highest BCUT2D eigenvalue weighted by Crippen LogP contribution is 2.25. The molecule has 0 saturated heterocycles. The molecule has 1 aromatic carbocycles. The van der Waals surface area contributed by atoms with Crippen LogP contribution in [0.3, 0.4) is 0 Å². The molecule has 0 aliphatic carbocycles. The smallest absolute Gasteiger partial charge is 0.292 e. The van der Waals surface area contributed by atoms with Crippen molar-refractivity contribution in [2.75, 3.05) is 11.9 Å². The second-order valence-corrected chi connectivity index (χ2v) is 5.58. The summed E-state index contributed by atoms with van der Waals surface area (Å²) in [5, 5.41) is 25.4. The van der Waals surface area contributed by atoms with Crippen LogP contribution in [0.5, 0.6) is 0 Å². The topological polar surface area (TPSA) is 108 Å². The van der Waals surface area contributed by atoms with E-state index in [1.165, 1.54) is 18.2 Å². The number of rotatable bonds is 5. The first kappa shape index (κ1) is 16.4. The SMILES string of the molecule is CC(C)(C)NC(=O)CCNc1cc(C#N)ccc1[N+](=O)[O-]. The minimum absolute atomic E-state index is 0.120. The molecule has 0 heterocycles. The average Bonchev–Trinajstić information content (AvgIpc) is 2.36. The lowest BCUT2D eigenvalue weighted by Gasteiger charge is -2.20. The number of nitro benzene ring substituents is 1. The van der Waals surface area contributed by atoms with Crippen LogP contribution < -0.4 is 10.6 Å². The van der Waals surface area contributed by atoms with E-state index in [9.17, 15) is 14.9 Å². The second-order valence-electron chi connectivity index (χ2n) is 5.58. The van der Waals surface area contributed by atoms with Gasteiger partial charge in [-0.05, 0) is 32.9 Å². The Balaban J connectivity index is 2.69. The summed E-state index contributed by atoms with van der Waals surface area (Å²) in [5.41, 5.74) is 0.124. The Hall–Kier alpha value is -2.62. The van der Waals surface area contributed by atoms with Gasteiger partial charge in [-0.1, -0.05) is 0 Å². The van der Waals surface area contributed by atoms with E-state index in [2.05, 4.69) is 10.6 Å². The van der Waals surface area contributed by atoms with Crippen molar-refractivity contribution in [3.05, 3.63) is 33.9 Å². The van der Waals surface area contributed by atoms with Gasteiger partial charge in [-0.2, -0.15) is 5.26 Å². The number of anilines is 1. The average molecular weight is 290 g/mol. The Morgan fingerprint density at radius 3 is 2.62 bits per heavy atom.